The highest BCUT2D eigenvalue weighted by molar-refractivity contribution is 5.40. The molecule has 0 saturated heterocycles. The number of aromatic hydroxyl groups is 1. The fraction of sp³-hybridized carbons (Fsp3) is 0.154. The molecule has 0 bridgehead atoms. The summed E-state index contributed by atoms with van der Waals surface area (Å²) in [4.78, 5) is 11.7. The van der Waals surface area contributed by atoms with Gasteiger partial charge in [0.15, 0.2) is 0 Å². The van der Waals surface area contributed by atoms with Crippen LogP contribution in [0.25, 0.3) is 5.69 Å². The van der Waals surface area contributed by atoms with E-state index in [0.29, 0.717) is 5.69 Å². The van der Waals surface area contributed by atoms with Crippen LogP contribution in [0.5, 0.6) is 5.75 Å². The molecule has 19 heavy (non-hydrogen) atoms. The van der Waals surface area contributed by atoms with Crippen molar-refractivity contribution in [1.82, 2.24) is 4.57 Å². The second kappa shape index (κ2) is 4.46. The van der Waals surface area contributed by atoms with Crippen molar-refractivity contribution < 1.29 is 18.3 Å². The molecule has 2 rings (SSSR count). The van der Waals surface area contributed by atoms with Gasteiger partial charge < -0.3 is 5.11 Å². The molecule has 0 radical (unpaired) electrons. The lowest BCUT2D eigenvalue weighted by Crippen LogP contribution is -2.19. The van der Waals surface area contributed by atoms with Gasteiger partial charge in [0.1, 0.15) is 5.75 Å². The highest BCUT2D eigenvalue weighted by Crippen LogP contribution is 2.30. The van der Waals surface area contributed by atoms with E-state index >= 15 is 0 Å². The van der Waals surface area contributed by atoms with E-state index < -0.39 is 17.3 Å². The van der Waals surface area contributed by atoms with Crippen molar-refractivity contribution in [3.8, 4) is 11.4 Å². The maximum absolute atomic E-state index is 12.6. The summed E-state index contributed by atoms with van der Waals surface area (Å²) in [5, 5.41) is 9.26. The first kappa shape index (κ1) is 13.2. The van der Waals surface area contributed by atoms with Crippen molar-refractivity contribution in [3.63, 3.8) is 0 Å². The van der Waals surface area contributed by atoms with Gasteiger partial charge in [-0.1, -0.05) is 6.07 Å². The molecule has 3 nitrogen and oxygen atoms in total. The van der Waals surface area contributed by atoms with Gasteiger partial charge in [-0.05, 0) is 31.2 Å². The van der Waals surface area contributed by atoms with Gasteiger partial charge in [0.05, 0.1) is 5.56 Å². The molecule has 100 valence electrons. The largest absolute Gasteiger partial charge is 0.508 e. The minimum Gasteiger partial charge on any atom is -0.508 e. The standard InChI is InChI=1S/C13H10F3NO2/c1-8-5-11(18)7-12(19)17(8)10-4-2-3-9(6-10)13(14,15)16/h2-7,18H,1H3. The summed E-state index contributed by atoms with van der Waals surface area (Å²) in [6, 6.07) is 6.72. The Hall–Kier alpha value is -2.24. The van der Waals surface area contributed by atoms with Crippen molar-refractivity contribution in [2.75, 3.05) is 0 Å². The summed E-state index contributed by atoms with van der Waals surface area (Å²) in [5.41, 5.74) is -0.956. The summed E-state index contributed by atoms with van der Waals surface area (Å²) in [6.45, 7) is 1.53. The van der Waals surface area contributed by atoms with E-state index in [9.17, 15) is 23.1 Å². The number of benzene rings is 1. The van der Waals surface area contributed by atoms with Crippen LogP contribution in [-0.4, -0.2) is 9.67 Å². The van der Waals surface area contributed by atoms with Gasteiger partial charge in [-0.2, -0.15) is 13.2 Å². The van der Waals surface area contributed by atoms with Crippen LogP contribution in [0.3, 0.4) is 0 Å². The fourth-order valence-corrected chi connectivity index (χ4v) is 1.84. The molecule has 2 aromatic rings. The van der Waals surface area contributed by atoms with Gasteiger partial charge in [0.2, 0.25) is 0 Å². The Morgan fingerprint density at radius 2 is 1.84 bits per heavy atom. The number of halogens is 3. The Labute approximate surface area is 106 Å². The lowest BCUT2D eigenvalue weighted by Gasteiger charge is -2.12. The summed E-state index contributed by atoms with van der Waals surface area (Å²) >= 11 is 0. The van der Waals surface area contributed by atoms with E-state index in [1.54, 1.807) is 0 Å². The third-order valence-corrected chi connectivity index (χ3v) is 2.63. The topological polar surface area (TPSA) is 42.2 Å². The fourth-order valence-electron chi connectivity index (χ4n) is 1.84. The predicted molar refractivity (Wildman–Crippen MR) is 63.4 cm³/mol. The number of pyridine rings is 1. The van der Waals surface area contributed by atoms with Crippen LogP contribution >= 0.6 is 0 Å². The molecule has 0 fully saturated rings. The third kappa shape index (κ3) is 2.62. The van der Waals surface area contributed by atoms with Crippen molar-refractivity contribution in [2.24, 2.45) is 0 Å². The first-order chi connectivity index (χ1) is 8.79. The van der Waals surface area contributed by atoms with Gasteiger partial charge in [-0.3, -0.25) is 9.36 Å². The molecule has 0 aliphatic rings. The molecule has 0 unspecified atom stereocenters. The molecule has 1 aromatic heterocycles. The first-order valence-electron chi connectivity index (χ1n) is 5.39. The van der Waals surface area contributed by atoms with E-state index in [1.807, 2.05) is 0 Å². The Morgan fingerprint density at radius 3 is 2.42 bits per heavy atom. The molecule has 0 aliphatic carbocycles. The van der Waals surface area contributed by atoms with Crippen LogP contribution in [-0.2, 0) is 6.18 Å². The van der Waals surface area contributed by atoms with Crippen molar-refractivity contribution in [2.45, 2.75) is 13.1 Å². The Kier molecular flexibility index (Phi) is 3.09. The number of aryl methyl sites for hydroxylation is 1. The highest BCUT2D eigenvalue weighted by Gasteiger charge is 2.30. The molecule has 0 aliphatic heterocycles. The number of alkyl halides is 3. The van der Waals surface area contributed by atoms with Crippen LogP contribution < -0.4 is 5.56 Å². The van der Waals surface area contributed by atoms with E-state index in [4.69, 9.17) is 0 Å². The molecular formula is C13H10F3NO2. The van der Waals surface area contributed by atoms with E-state index in [0.717, 1.165) is 22.8 Å². The number of nitrogens with zero attached hydrogens (tertiary/aromatic N) is 1. The predicted octanol–water partition coefficient (Wildman–Crippen LogP) is 2.87. The molecule has 1 aromatic carbocycles. The van der Waals surface area contributed by atoms with Crippen molar-refractivity contribution in [3.05, 3.63) is 58.0 Å². The third-order valence-electron chi connectivity index (χ3n) is 2.63. The van der Waals surface area contributed by atoms with Gasteiger partial charge >= 0.3 is 6.18 Å². The second-order valence-corrected chi connectivity index (χ2v) is 4.08. The van der Waals surface area contributed by atoms with Gasteiger partial charge in [0, 0.05) is 17.4 Å². The SMILES string of the molecule is Cc1cc(O)cc(=O)n1-c1cccc(C(F)(F)F)c1. The maximum Gasteiger partial charge on any atom is 0.416 e. The molecular weight excluding hydrogens is 259 g/mol. The van der Waals surface area contributed by atoms with Crippen molar-refractivity contribution in [1.29, 1.82) is 0 Å². The van der Waals surface area contributed by atoms with E-state index in [-0.39, 0.29) is 11.4 Å². The molecule has 1 N–H and O–H groups in total. The highest BCUT2D eigenvalue weighted by atomic mass is 19.4. The zero-order valence-electron chi connectivity index (χ0n) is 9.90. The van der Waals surface area contributed by atoms with Crippen molar-refractivity contribution >= 4 is 0 Å². The van der Waals surface area contributed by atoms with Crippen LogP contribution in [0, 0.1) is 6.92 Å². The first-order valence-corrected chi connectivity index (χ1v) is 5.39. The van der Waals surface area contributed by atoms with Gasteiger partial charge in [-0.25, -0.2) is 0 Å². The minimum absolute atomic E-state index is 0.109. The van der Waals surface area contributed by atoms with E-state index in [2.05, 4.69) is 0 Å². The molecule has 0 atom stereocenters. The smallest absolute Gasteiger partial charge is 0.416 e. The Bertz CT molecular complexity index is 674. The maximum atomic E-state index is 12.6. The minimum atomic E-state index is -4.47. The Balaban J connectivity index is 2.64. The zero-order chi connectivity index (χ0) is 14.2. The van der Waals surface area contributed by atoms with Crippen LogP contribution in [0.1, 0.15) is 11.3 Å². The number of aromatic nitrogens is 1. The Morgan fingerprint density at radius 1 is 1.16 bits per heavy atom. The van der Waals surface area contributed by atoms with Crippen LogP contribution in [0.15, 0.2) is 41.2 Å². The number of hydrogen-bond acceptors (Lipinski definition) is 2. The number of hydrogen-bond donors (Lipinski definition) is 1. The summed E-state index contributed by atoms with van der Waals surface area (Å²) in [6.07, 6.45) is -4.47. The summed E-state index contributed by atoms with van der Waals surface area (Å²) in [5.74, 6) is -0.217. The molecule has 1 heterocycles. The average Bonchev–Trinajstić information content (AvgIpc) is 2.26. The van der Waals surface area contributed by atoms with Crippen LogP contribution in [0.2, 0.25) is 0 Å². The molecule has 6 heteroatoms. The van der Waals surface area contributed by atoms with Gasteiger partial charge in [-0.15, -0.1) is 0 Å². The summed E-state index contributed by atoms with van der Waals surface area (Å²) in [7, 11) is 0. The average molecular weight is 269 g/mol. The number of rotatable bonds is 1. The lowest BCUT2D eigenvalue weighted by atomic mass is 10.2. The zero-order valence-corrected chi connectivity index (χ0v) is 9.90. The van der Waals surface area contributed by atoms with E-state index in [1.165, 1.54) is 25.1 Å². The normalized spacial score (nSPS) is 11.6. The lowest BCUT2D eigenvalue weighted by molar-refractivity contribution is -0.137. The molecule has 0 amide bonds. The monoisotopic (exact) mass is 269 g/mol. The molecule has 0 saturated carbocycles. The van der Waals surface area contributed by atoms with Crippen LogP contribution in [0.4, 0.5) is 13.2 Å². The summed E-state index contributed by atoms with van der Waals surface area (Å²) < 4.78 is 39.0. The quantitative estimate of drug-likeness (QED) is 0.865. The van der Waals surface area contributed by atoms with Gasteiger partial charge in [0.25, 0.3) is 5.56 Å². The molecule has 0 spiro atoms. The second-order valence-electron chi connectivity index (χ2n) is 4.08.